The second-order valence-electron chi connectivity index (χ2n) is 7.86. The minimum atomic E-state index is 0.370. The van der Waals surface area contributed by atoms with E-state index in [2.05, 4.69) is 42.5 Å². The first-order chi connectivity index (χ1) is 12.3. The minimum absolute atomic E-state index is 0.370. The van der Waals surface area contributed by atoms with Crippen LogP contribution in [0.1, 0.15) is 73.5 Å². The number of nitrogens with two attached hydrogens (primary N) is 2. The summed E-state index contributed by atoms with van der Waals surface area (Å²) in [5.74, 6) is 1.16. The van der Waals surface area contributed by atoms with Crippen LogP contribution in [0.5, 0.6) is 0 Å². The molecule has 25 heavy (non-hydrogen) atoms. The second kappa shape index (κ2) is 7.31. The molecule has 4 rings (SSSR count). The van der Waals surface area contributed by atoms with Crippen LogP contribution >= 0.6 is 0 Å². The molecule has 0 radical (unpaired) electrons. The molecule has 0 spiro atoms. The van der Waals surface area contributed by atoms with Gasteiger partial charge in [0, 0.05) is 12.0 Å². The third kappa shape index (κ3) is 3.14. The van der Waals surface area contributed by atoms with Crippen molar-refractivity contribution in [2.75, 3.05) is 6.54 Å². The van der Waals surface area contributed by atoms with Gasteiger partial charge in [-0.25, -0.2) is 0 Å². The number of hydrogen-bond acceptors (Lipinski definition) is 2. The maximum Gasteiger partial charge on any atom is 0.0104 e. The van der Waals surface area contributed by atoms with E-state index in [9.17, 15) is 0 Å². The molecular formula is C23H30N2. The summed E-state index contributed by atoms with van der Waals surface area (Å²) in [7, 11) is 0. The topological polar surface area (TPSA) is 52.0 Å². The third-order valence-electron chi connectivity index (χ3n) is 6.22. The molecule has 0 saturated heterocycles. The van der Waals surface area contributed by atoms with Gasteiger partial charge in [-0.05, 0) is 72.4 Å². The Kier molecular flexibility index (Phi) is 4.91. The summed E-state index contributed by atoms with van der Waals surface area (Å²) in [6.07, 6.45) is 8.40. The van der Waals surface area contributed by atoms with Gasteiger partial charge in [0.2, 0.25) is 0 Å². The summed E-state index contributed by atoms with van der Waals surface area (Å²) in [6.45, 7) is 0.792. The summed E-state index contributed by atoms with van der Waals surface area (Å²) < 4.78 is 0. The molecule has 2 heteroatoms. The molecular weight excluding hydrogens is 304 g/mol. The highest BCUT2D eigenvalue weighted by Crippen LogP contribution is 2.51. The van der Waals surface area contributed by atoms with Crippen LogP contribution in [0.2, 0.25) is 0 Å². The fraction of sp³-hybridized carbons (Fsp3) is 0.478. The molecule has 0 aliphatic heterocycles. The van der Waals surface area contributed by atoms with Crippen molar-refractivity contribution in [2.45, 2.75) is 62.8 Å². The number of hydrogen-bond donors (Lipinski definition) is 2. The Morgan fingerprint density at radius 2 is 1.68 bits per heavy atom. The first kappa shape index (κ1) is 16.8. The van der Waals surface area contributed by atoms with Gasteiger partial charge in [0.05, 0.1) is 0 Å². The molecule has 1 fully saturated rings. The van der Waals surface area contributed by atoms with Crippen molar-refractivity contribution in [3.05, 3.63) is 59.2 Å². The van der Waals surface area contributed by atoms with Crippen LogP contribution in [-0.4, -0.2) is 12.6 Å². The number of fused-ring (bicyclic) bond motifs is 3. The fourth-order valence-corrected chi connectivity index (χ4v) is 5.07. The monoisotopic (exact) mass is 334 g/mol. The van der Waals surface area contributed by atoms with Crippen LogP contribution in [-0.2, 0) is 0 Å². The van der Waals surface area contributed by atoms with Crippen LogP contribution in [0.4, 0.5) is 0 Å². The van der Waals surface area contributed by atoms with E-state index in [0.717, 1.165) is 19.4 Å². The molecule has 2 aromatic rings. The summed E-state index contributed by atoms with van der Waals surface area (Å²) in [5.41, 5.74) is 19.7. The SMILES string of the molecule is NCCCCC1c2ccccc2-c2cccc(C3CCCC(N)C3)c21. The Bertz CT molecular complexity index is 737. The van der Waals surface area contributed by atoms with Crippen molar-refractivity contribution in [1.82, 2.24) is 0 Å². The molecule has 2 nitrogen and oxygen atoms in total. The van der Waals surface area contributed by atoms with E-state index in [0.29, 0.717) is 17.9 Å². The van der Waals surface area contributed by atoms with E-state index in [-0.39, 0.29) is 0 Å². The zero-order chi connectivity index (χ0) is 17.2. The first-order valence-electron chi connectivity index (χ1n) is 9.97. The molecule has 2 aromatic carbocycles. The van der Waals surface area contributed by atoms with Crippen LogP contribution in [0, 0.1) is 0 Å². The minimum Gasteiger partial charge on any atom is -0.330 e. The van der Waals surface area contributed by atoms with Crippen LogP contribution in [0.15, 0.2) is 42.5 Å². The van der Waals surface area contributed by atoms with E-state index < -0.39 is 0 Å². The lowest BCUT2D eigenvalue weighted by Crippen LogP contribution is -2.27. The highest BCUT2D eigenvalue weighted by atomic mass is 14.6. The van der Waals surface area contributed by atoms with Gasteiger partial charge >= 0.3 is 0 Å². The average Bonchev–Trinajstić information content (AvgIpc) is 2.96. The molecule has 1 saturated carbocycles. The molecule has 3 atom stereocenters. The van der Waals surface area contributed by atoms with E-state index >= 15 is 0 Å². The summed E-state index contributed by atoms with van der Waals surface area (Å²) in [4.78, 5) is 0. The van der Waals surface area contributed by atoms with E-state index in [1.54, 1.807) is 11.1 Å². The van der Waals surface area contributed by atoms with Crippen LogP contribution in [0.3, 0.4) is 0 Å². The second-order valence-corrected chi connectivity index (χ2v) is 7.86. The highest BCUT2D eigenvalue weighted by Gasteiger charge is 2.33. The Labute approximate surface area is 151 Å². The van der Waals surface area contributed by atoms with E-state index in [1.165, 1.54) is 48.8 Å². The van der Waals surface area contributed by atoms with Gasteiger partial charge in [0.15, 0.2) is 0 Å². The Hall–Kier alpha value is -1.64. The van der Waals surface area contributed by atoms with Gasteiger partial charge in [0.1, 0.15) is 0 Å². The van der Waals surface area contributed by atoms with Gasteiger partial charge in [-0.3, -0.25) is 0 Å². The maximum atomic E-state index is 6.31. The molecule has 0 aromatic heterocycles. The normalized spacial score (nSPS) is 24.8. The zero-order valence-corrected chi connectivity index (χ0v) is 15.1. The third-order valence-corrected chi connectivity index (χ3v) is 6.22. The van der Waals surface area contributed by atoms with Gasteiger partial charge in [-0.2, -0.15) is 0 Å². The quantitative estimate of drug-likeness (QED) is 0.763. The van der Waals surface area contributed by atoms with Gasteiger partial charge in [-0.1, -0.05) is 55.3 Å². The van der Waals surface area contributed by atoms with Crippen LogP contribution in [0.25, 0.3) is 11.1 Å². The summed E-state index contributed by atoms with van der Waals surface area (Å²) in [6, 6.07) is 16.3. The predicted octanol–water partition coefficient (Wildman–Crippen LogP) is 4.91. The van der Waals surface area contributed by atoms with Crippen molar-refractivity contribution in [2.24, 2.45) is 11.5 Å². The lowest BCUT2D eigenvalue weighted by atomic mass is 9.77. The van der Waals surface area contributed by atoms with Gasteiger partial charge < -0.3 is 11.5 Å². The number of benzene rings is 2. The molecule has 132 valence electrons. The van der Waals surface area contributed by atoms with Crippen molar-refractivity contribution < 1.29 is 0 Å². The first-order valence-corrected chi connectivity index (χ1v) is 9.97. The standard InChI is InChI=1S/C23H30N2/c24-14-4-3-11-21-19-9-1-2-10-20(19)22-13-6-12-18(23(21)22)16-7-5-8-17(25)15-16/h1-2,6,9-10,12-13,16-17,21H,3-5,7-8,11,14-15,24-25H2. The zero-order valence-electron chi connectivity index (χ0n) is 15.1. The molecule has 0 bridgehead atoms. The smallest absolute Gasteiger partial charge is 0.0104 e. The van der Waals surface area contributed by atoms with E-state index in [4.69, 9.17) is 11.5 Å². The Morgan fingerprint density at radius 1 is 0.880 bits per heavy atom. The predicted molar refractivity (Wildman–Crippen MR) is 106 cm³/mol. The van der Waals surface area contributed by atoms with Crippen molar-refractivity contribution in [3.63, 3.8) is 0 Å². The number of rotatable bonds is 5. The molecule has 0 amide bonds. The van der Waals surface area contributed by atoms with E-state index in [1.807, 2.05) is 0 Å². The molecule has 0 heterocycles. The molecule has 2 aliphatic carbocycles. The Morgan fingerprint density at radius 3 is 2.52 bits per heavy atom. The van der Waals surface area contributed by atoms with Crippen molar-refractivity contribution in [3.8, 4) is 11.1 Å². The van der Waals surface area contributed by atoms with Gasteiger partial charge in [-0.15, -0.1) is 0 Å². The van der Waals surface area contributed by atoms with Crippen molar-refractivity contribution >= 4 is 0 Å². The lowest BCUT2D eigenvalue weighted by Gasteiger charge is -2.30. The number of unbranched alkanes of at least 4 members (excludes halogenated alkanes) is 1. The highest BCUT2D eigenvalue weighted by molar-refractivity contribution is 5.80. The molecule has 2 aliphatic rings. The molecule has 3 unspecified atom stereocenters. The van der Waals surface area contributed by atoms with Crippen LogP contribution < -0.4 is 11.5 Å². The van der Waals surface area contributed by atoms with Crippen molar-refractivity contribution in [1.29, 1.82) is 0 Å². The largest absolute Gasteiger partial charge is 0.330 e. The fourth-order valence-electron chi connectivity index (χ4n) is 5.07. The molecule has 4 N–H and O–H groups in total. The summed E-state index contributed by atoms with van der Waals surface area (Å²) in [5, 5.41) is 0. The summed E-state index contributed by atoms with van der Waals surface area (Å²) >= 11 is 0. The average molecular weight is 335 g/mol. The maximum absolute atomic E-state index is 6.31. The van der Waals surface area contributed by atoms with Gasteiger partial charge in [0.25, 0.3) is 0 Å². The lowest BCUT2D eigenvalue weighted by molar-refractivity contribution is 0.391. The Balaban J connectivity index is 1.75.